The van der Waals surface area contributed by atoms with Gasteiger partial charge in [0, 0.05) is 19.1 Å². The van der Waals surface area contributed by atoms with Gasteiger partial charge in [-0.2, -0.15) is 0 Å². The molecule has 0 spiro atoms. The quantitative estimate of drug-likeness (QED) is 0.872. The largest absolute Gasteiger partial charge is 0.388 e. The van der Waals surface area contributed by atoms with E-state index in [2.05, 4.69) is 0 Å². The van der Waals surface area contributed by atoms with E-state index in [-0.39, 0.29) is 12.2 Å². The summed E-state index contributed by atoms with van der Waals surface area (Å²) >= 11 is 0. The molecule has 2 saturated heterocycles. The molecular formula is C14H18O5. The Hall–Kier alpha value is -0.980. The van der Waals surface area contributed by atoms with Crippen molar-refractivity contribution in [2.24, 2.45) is 0 Å². The Morgan fingerprint density at radius 1 is 1.16 bits per heavy atom. The Morgan fingerprint density at radius 2 is 1.95 bits per heavy atom. The summed E-state index contributed by atoms with van der Waals surface area (Å²) in [7, 11) is 1.52. The minimum atomic E-state index is -0.666. The Labute approximate surface area is 112 Å². The third kappa shape index (κ3) is 2.66. The van der Waals surface area contributed by atoms with Crippen molar-refractivity contribution in [3.8, 4) is 0 Å². The molecule has 5 heteroatoms. The van der Waals surface area contributed by atoms with Crippen molar-refractivity contribution in [1.29, 1.82) is 0 Å². The fourth-order valence-corrected chi connectivity index (χ4v) is 2.52. The fraction of sp³-hybridized carbons (Fsp3) is 0.571. The van der Waals surface area contributed by atoms with E-state index in [1.54, 1.807) is 0 Å². The average Bonchev–Trinajstić information content (AvgIpc) is 2.47. The van der Waals surface area contributed by atoms with E-state index in [0.717, 1.165) is 5.56 Å². The summed E-state index contributed by atoms with van der Waals surface area (Å²) in [6.07, 6.45) is -1.51. The number of rotatable bonds is 2. The summed E-state index contributed by atoms with van der Waals surface area (Å²) in [5, 5.41) is 9.89. The van der Waals surface area contributed by atoms with Crippen LogP contribution in [0.15, 0.2) is 30.3 Å². The molecule has 0 radical (unpaired) electrons. The first-order valence-corrected chi connectivity index (χ1v) is 6.46. The van der Waals surface area contributed by atoms with Crippen LogP contribution in [-0.2, 0) is 18.9 Å². The summed E-state index contributed by atoms with van der Waals surface area (Å²) in [5.41, 5.74) is 0.976. The zero-order chi connectivity index (χ0) is 13.2. The smallest absolute Gasteiger partial charge is 0.184 e. The first-order chi connectivity index (χ1) is 9.28. The molecule has 1 N–H and O–H groups in total. The number of benzene rings is 1. The van der Waals surface area contributed by atoms with Gasteiger partial charge in [-0.1, -0.05) is 30.3 Å². The molecule has 2 aliphatic rings. The van der Waals surface area contributed by atoms with Crippen LogP contribution in [0.3, 0.4) is 0 Å². The van der Waals surface area contributed by atoms with Crippen LogP contribution in [0, 0.1) is 0 Å². The molecule has 0 saturated carbocycles. The lowest BCUT2D eigenvalue weighted by molar-refractivity contribution is -0.333. The van der Waals surface area contributed by atoms with Crippen LogP contribution in [0.4, 0.5) is 0 Å². The van der Waals surface area contributed by atoms with Gasteiger partial charge in [-0.05, 0) is 0 Å². The maximum atomic E-state index is 9.89. The molecule has 0 unspecified atom stereocenters. The van der Waals surface area contributed by atoms with E-state index in [4.69, 9.17) is 18.9 Å². The minimum absolute atomic E-state index is 0.166. The standard InChI is InChI=1S/C14H18O5/c1-16-14-10(15)7-11-12(19-14)8-17-13(18-11)9-5-3-2-4-6-9/h2-6,10-15H,7-8H2,1H3/t10-,11-,12+,13-,14-/m0/s1. The molecule has 3 rings (SSSR count). The molecular weight excluding hydrogens is 248 g/mol. The number of hydrogen-bond acceptors (Lipinski definition) is 5. The van der Waals surface area contributed by atoms with E-state index in [0.29, 0.717) is 13.0 Å². The lowest BCUT2D eigenvalue weighted by atomic mass is 10.0. The minimum Gasteiger partial charge on any atom is -0.388 e. The highest BCUT2D eigenvalue weighted by Gasteiger charge is 2.42. The van der Waals surface area contributed by atoms with Gasteiger partial charge in [0.25, 0.3) is 0 Å². The first-order valence-electron chi connectivity index (χ1n) is 6.46. The lowest BCUT2D eigenvalue weighted by Crippen LogP contribution is -2.53. The van der Waals surface area contributed by atoms with Gasteiger partial charge in [0.05, 0.1) is 12.7 Å². The van der Waals surface area contributed by atoms with Crippen molar-refractivity contribution in [1.82, 2.24) is 0 Å². The zero-order valence-corrected chi connectivity index (χ0v) is 10.8. The number of aliphatic hydroxyl groups is 1. The van der Waals surface area contributed by atoms with Crippen molar-refractivity contribution in [3.63, 3.8) is 0 Å². The number of methoxy groups -OCH3 is 1. The normalized spacial score (nSPS) is 38.7. The first kappa shape index (κ1) is 13.0. The lowest BCUT2D eigenvalue weighted by Gasteiger charge is -2.43. The molecule has 104 valence electrons. The third-order valence-electron chi connectivity index (χ3n) is 3.53. The van der Waals surface area contributed by atoms with Crippen LogP contribution in [0.5, 0.6) is 0 Å². The summed E-state index contributed by atoms with van der Waals surface area (Å²) < 4.78 is 22.2. The van der Waals surface area contributed by atoms with Gasteiger partial charge < -0.3 is 24.1 Å². The Balaban J connectivity index is 1.68. The molecule has 1 aromatic rings. The van der Waals surface area contributed by atoms with Crippen LogP contribution in [0.2, 0.25) is 0 Å². The average molecular weight is 266 g/mol. The van der Waals surface area contributed by atoms with Crippen LogP contribution < -0.4 is 0 Å². The molecule has 0 aliphatic carbocycles. The molecule has 2 heterocycles. The number of hydrogen-bond donors (Lipinski definition) is 1. The molecule has 1 aromatic carbocycles. The number of ether oxygens (including phenoxy) is 4. The third-order valence-corrected chi connectivity index (χ3v) is 3.53. The second-order valence-electron chi connectivity index (χ2n) is 4.83. The molecule has 0 bridgehead atoms. The van der Waals surface area contributed by atoms with Gasteiger partial charge in [0.15, 0.2) is 12.6 Å². The maximum absolute atomic E-state index is 9.89. The Bertz CT molecular complexity index is 410. The van der Waals surface area contributed by atoms with Crippen molar-refractivity contribution < 1.29 is 24.1 Å². The van der Waals surface area contributed by atoms with Gasteiger partial charge in [0.1, 0.15) is 12.2 Å². The molecule has 5 atom stereocenters. The van der Waals surface area contributed by atoms with Gasteiger partial charge in [-0.15, -0.1) is 0 Å². The second kappa shape index (κ2) is 5.56. The Kier molecular flexibility index (Phi) is 3.81. The second-order valence-corrected chi connectivity index (χ2v) is 4.83. The molecule has 19 heavy (non-hydrogen) atoms. The van der Waals surface area contributed by atoms with Crippen molar-refractivity contribution >= 4 is 0 Å². The van der Waals surface area contributed by atoms with E-state index < -0.39 is 18.7 Å². The zero-order valence-electron chi connectivity index (χ0n) is 10.8. The summed E-state index contributed by atoms with van der Waals surface area (Å²) in [6.45, 7) is 0.441. The van der Waals surface area contributed by atoms with Gasteiger partial charge in [0.2, 0.25) is 0 Å². The maximum Gasteiger partial charge on any atom is 0.184 e. The van der Waals surface area contributed by atoms with E-state index in [1.807, 2.05) is 30.3 Å². The summed E-state index contributed by atoms with van der Waals surface area (Å²) in [5.74, 6) is 0. The van der Waals surface area contributed by atoms with Crippen molar-refractivity contribution in [2.45, 2.75) is 37.3 Å². The van der Waals surface area contributed by atoms with Crippen LogP contribution >= 0.6 is 0 Å². The molecule has 5 nitrogen and oxygen atoms in total. The SMILES string of the molecule is CO[C@H]1O[C@@H]2CO[C@H](c3ccccc3)O[C@H]2C[C@@H]1O. The van der Waals surface area contributed by atoms with Gasteiger partial charge in [-0.3, -0.25) is 0 Å². The monoisotopic (exact) mass is 266 g/mol. The fourth-order valence-electron chi connectivity index (χ4n) is 2.52. The molecule has 0 amide bonds. The van der Waals surface area contributed by atoms with E-state index >= 15 is 0 Å². The van der Waals surface area contributed by atoms with E-state index in [1.165, 1.54) is 7.11 Å². The highest BCUT2D eigenvalue weighted by Crippen LogP contribution is 2.33. The van der Waals surface area contributed by atoms with Crippen molar-refractivity contribution in [3.05, 3.63) is 35.9 Å². The van der Waals surface area contributed by atoms with Crippen molar-refractivity contribution in [2.75, 3.05) is 13.7 Å². The Morgan fingerprint density at radius 3 is 2.68 bits per heavy atom. The highest BCUT2D eigenvalue weighted by molar-refractivity contribution is 5.16. The predicted molar refractivity (Wildman–Crippen MR) is 66.3 cm³/mol. The van der Waals surface area contributed by atoms with Gasteiger partial charge in [-0.25, -0.2) is 0 Å². The van der Waals surface area contributed by atoms with E-state index in [9.17, 15) is 5.11 Å². The van der Waals surface area contributed by atoms with Crippen LogP contribution in [0.1, 0.15) is 18.3 Å². The number of aliphatic hydroxyl groups excluding tert-OH is 1. The highest BCUT2D eigenvalue weighted by atomic mass is 16.7. The molecule has 0 aromatic heterocycles. The summed E-state index contributed by atoms with van der Waals surface area (Å²) in [6, 6.07) is 9.76. The topological polar surface area (TPSA) is 57.2 Å². The van der Waals surface area contributed by atoms with Gasteiger partial charge >= 0.3 is 0 Å². The summed E-state index contributed by atoms with van der Waals surface area (Å²) in [4.78, 5) is 0. The van der Waals surface area contributed by atoms with Crippen LogP contribution in [-0.4, -0.2) is 43.4 Å². The number of fused-ring (bicyclic) bond motifs is 1. The van der Waals surface area contributed by atoms with Crippen LogP contribution in [0.25, 0.3) is 0 Å². The predicted octanol–water partition coefficient (Wildman–Crippen LogP) is 1.22. The molecule has 2 fully saturated rings. The molecule has 2 aliphatic heterocycles.